The van der Waals surface area contributed by atoms with Crippen molar-refractivity contribution in [3.05, 3.63) is 72.6 Å². The second-order valence-electron chi connectivity index (χ2n) is 5.10. The molecule has 0 aliphatic heterocycles. The highest BCUT2D eigenvalue weighted by Gasteiger charge is 2.04. The maximum Gasteiger partial charge on any atom is 0.319 e. The number of nitrogens with zero attached hydrogens (tertiary/aromatic N) is 3. The predicted molar refractivity (Wildman–Crippen MR) is 88.5 cm³/mol. The van der Waals surface area contributed by atoms with Crippen LogP contribution < -0.4 is 10.6 Å². The highest BCUT2D eigenvalue weighted by Crippen LogP contribution is 2.09. The fraction of sp³-hybridized carbons (Fsp3) is 0.118. The van der Waals surface area contributed by atoms with Crippen LogP contribution in [0.15, 0.2) is 61.1 Å². The van der Waals surface area contributed by atoms with Gasteiger partial charge >= 0.3 is 6.03 Å². The minimum atomic E-state index is -0.291. The van der Waals surface area contributed by atoms with Gasteiger partial charge in [-0.25, -0.2) is 13.9 Å². The third-order valence-electron chi connectivity index (χ3n) is 3.32. The van der Waals surface area contributed by atoms with Gasteiger partial charge in [-0.3, -0.25) is 4.98 Å². The summed E-state index contributed by atoms with van der Waals surface area (Å²) in [6.45, 7) is 0.451. The largest absolute Gasteiger partial charge is 0.337 e. The Bertz CT molecular complexity index is 801. The number of rotatable bonds is 5. The molecule has 0 aliphatic carbocycles. The van der Waals surface area contributed by atoms with Crippen LogP contribution in [0.3, 0.4) is 0 Å². The SMILES string of the molecule is O=C(NCCc1ccn(-c2ccc(F)cc2)n1)Nc1cccnc1. The average Bonchev–Trinajstić information content (AvgIpc) is 3.05. The molecule has 7 heteroatoms. The number of benzene rings is 1. The third kappa shape index (κ3) is 4.16. The molecule has 0 radical (unpaired) electrons. The van der Waals surface area contributed by atoms with E-state index in [-0.39, 0.29) is 11.8 Å². The number of aromatic nitrogens is 3. The number of pyridine rings is 1. The van der Waals surface area contributed by atoms with E-state index in [1.807, 2.05) is 6.07 Å². The van der Waals surface area contributed by atoms with Crippen molar-refractivity contribution in [3.8, 4) is 5.69 Å². The molecule has 2 amide bonds. The molecule has 0 fully saturated rings. The van der Waals surface area contributed by atoms with Crippen LogP contribution >= 0.6 is 0 Å². The molecule has 6 nitrogen and oxygen atoms in total. The fourth-order valence-corrected chi connectivity index (χ4v) is 2.15. The molecule has 1 aromatic carbocycles. The zero-order chi connectivity index (χ0) is 16.8. The van der Waals surface area contributed by atoms with Gasteiger partial charge in [0.2, 0.25) is 0 Å². The Hall–Kier alpha value is -3.22. The standard InChI is InChI=1S/C17H16FN5O/c18-13-3-5-16(6-4-13)23-11-8-14(22-23)7-10-20-17(24)21-15-2-1-9-19-12-15/h1-6,8-9,11-12H,7,10H2,(H2,20,21,24). The number of urea groups is 1. The molecule has 0 spiro atoms. The third-order valence-corrected chi connectivity index (χ3v) is 3.32. The predicted octanol–water partition coefficient (Wildman–Crippen LogP) is 2.77. The summed E-state index contributed by atoms with van der Waals surface area (Å²) in [4.78, 5) is 15.7. The van der Waals surface area contributed by atoms with Gasteiger partial charge in [0.1, 0.15) is 5.82 Å². The number of hydrogen-bond donors (Lipinski definition) is 2. The monoisotopic (exact) mass is 325 g/mol. The number of carbonyl (C=O) groups excluding carboxylic acids is 1. The zero-order valence-electron chi connectivity index (χ0n) is 12.8. The molecule has 2 aromatic heterocycles. The Kier molecular flexibility index (Phi) is 4.81. The minimum absolute atomic E-state index is 0.282. The Balaban J connectivity index is 1.49. The second kappa shape index (κ2) is 7.36. The van der Waals surface area contributed by atoms with Crippen LogP contribution in [0.25, 0.3) is 5.69 Å². The van der Waals surface area contributed by atoms with Gasteiger partial charge in [0.25, 0.3) is 0 Å². The Morgan fingerprint density at radius 2 is 2.00 bits per heavy atom. The highest BCUT2D eigenvalue weighted by atomic mass is 19.1. The summed E-state index contributed by atoms with van der Waals surface area (Å²) in [6, 6.07) is 11.2. The molecule has 0 atom stereocenters. The summed E-state index contributed by atoms with van der Waals surface area (Å²) < 4.78 is 14.6. The molecule has 3 rings (SSSR count). The van der Waals surface area contributed by atoms with Crippen molar-refractivity contribution in [2.45, 2.75) is 6.42 Å². The van der Waals surface area contributed by atoms with E-state index in [0.717, 1.165) is 11.4 Å². The van der Waals surface area contributed by atoms with Gasteiger partial charge in [0.05, 0.1) is 23.3 Å². The van der Waals surface area contributed by atoms with Crippen molar-refractivity contribution >= 4 is 11.7 Å². The highest BCUT2D eigenvalue weighted by molar-refractivity contribution is 5.88. The molecule has 3 aromatic rings. The molecule has 122 valence electrons. The lowest BCUT2D eigenvalue weighted by molar-refractivity contribution is 0.252. The lowest BCUT2D eigenvalue weighted by Gasteiger charge is -2.06. The van der Waals surface area contributed by atoms with Crippen molar-refractivity contribution in [2.75, 3.05) is 11.9 Å². The van der Waals surface area contributed by atoms with E-state index in [2.05, 4.69) is 20.7 Å². The van der Waals surface area contributed by atoms with Crippen molar-refractivity contribution < 1.29 is 9.18 Å². The molecule has 0 saturated carbocycles. The Morgan fingerprint density at radius 1 is 1.17 bits per heavy atom. The van der Waals surface area contributed by atoms with Gasteiger partial charge in [-0.2, -0.15) is 5.10 Å². The van der Waals surface area contributed by atoms with Crippen LogP contribution in [0.1, 0.15) is 5.69 Å². The van der Waals surface area contributed by atoms with E-state index in [9.17, 15) is 9.18 Å². The summed E-state index contributed by atoms with van der Waals surface area (Å²) in [5.74, 6) is -0.282. The Morgan fingerprint density at radius 3 is 2.75 bits per heavy atom. The number of hydrogen-bond acceptors (Lipinski definition) is 3. The molecular formula is C17H16FN5O. The van der Waals surface area contributed by atoms with Crippen LogP contribution in [0.4, 0.5) is 14.9 Å². The summed E-state index contributed by atoms with van der Waals surface area (Å²) >= 11 is 0. The van der Waals surface area contributed by atoms with E-state index in [1.165, 1.54) is 12.1 Å². The van der Waals surface area contributed by atoms with Crippen LogP contribution in [0.5, 0.6) is 0 Å². The lowest BCUT2D eigenvalue weighted by atomic mass is 10.3. The molecule has 0 aliphatic rings. The number of nitrogens with one attached hydrogen (secondary N) is 2. The van der Waals surface area contributed by atoms with E-state index >= 15 is 0 Å². The van der Waals surface area contributed by atoms with Crippen molar-refractivity contribution in [1.29, 1.82) is 0 Å². The number of anilines is 1. The number of carbonyl (C=O) groups is 1. The van der Waals surface area contributed by atoms with Crippen LogP contribution in [0.2, 0.25) is 0 Å². The van der Waals surface area contributed by atoms with Gasteiger partial charge in [-0.1, -0.05) is 0 Å². The first kappa shape index (κ1) is 15.7. The van der Waals surface area contributed by atoms with Crippen LogP contribution in [-0.4, -0.2) is 27.3 Å². The van der Waals surface area contributed by atoms with Crippen molar-refractivity contribution in [1.82, 2.24) is 20.1 Å². The Labute approximate surface area is 138 Å². The van der Waals surface area contributed by atoms with E-state index in [1.54, 1.807) is 47.5 Å². The average molecular weight is 325 g/mol. The van der Waals surface area contributed by atoms with E-state index < -0.39 is 0 Å². The van der Waals surface area contributed by atoms with Crippen LogP contribution in [-0.2, 0) is 6.42 Å². The fourth-order valence-electron chi connectivity index (χ4n) is 2.15. The topological polar surface area (TPSA) is 71.8 Å². The molecule has 24 heavy (non-hydrogen) atoms. The zero-order valence-corrected chi connectivity index (χ0v) is 12.8. The molecule has 0 bridgehead atoms. The quantitative estimate of drug-likeness (QED) is 0.758. The van der Waals surface area contributed by atoms with Crippen molar-refractivity contribution in [3.63, 3.8) is 0 Å². The first-order valence-corrected chi connectivity index (χ1v) is 7.46. The molecule has 2 N–H and O–H groups in total. The van der Waals surface area contributed by atoms with Gasteiger partial charge in [-0.15, -0.1) is 0 Å². The maximum atomic E-state index is 12.9. The van der Waals surface area contributed by atoms with Crippen LogP contribution in [0, 0.1) is 5.82 Å². The summed E-state index contributed by atoms with van der Waals surface area (Å²) in [5.41, 5.74) is 2.25. The first-order chi connectivity index (χ1) is 11.7. The smallest absolute Gasteiger partial charge is 0.319 e. The summed E-state index contributed by atoms with van der Waals surface area (Å²) in [7, 11) is 0. The van der Waals surface area contributed by atoms with Crippen molar-refractivity contribution in [2.24, 2.45) is 0 Å². The van der Waals surface area contributed by atoms with E-state index in [4.69, 9.17) is 0 Å². The normalized spacial score (nSPS) is 10.4. The summed E-state index contributed by atoms with van der Waals surface area (Å²) in [5, 5.41) is 9.85. The van der Waals surface area contributed by atoms with Gasteiger partial charge in [0, 0.05) is 25.4 Å². The van der Waals surface area contributed by atoms with E-state index in [0.29, 0.717) is 18.7 Å². The lowest BCUT2D eigenvalue weighted by Crippen LogP contribution is -2.30. The van der Waals surface area contributed by atoms with Gasteiger partial charge in [0.15, 0.2) is 0 Å². The molecular weight excluding hydrogens is 309 g/mol. The first-order valence-electron chi connectivity index (χ1n) is 7.46. The molecule has 2 heterocycles. The summed E-state index contributed by atoms with van der Waals surface area (Å²) in [6.07, 6.45) is 5.61. The minimum Gasteiger partial charge on any atom is -0.337 e. The number of amides is 2. The van der Waals surface area contributed by atoms with Gasteiger partial charge in [-0.05, 0) is 42.5 Å². The number of halogens is 1. The molecule has 0 unspecified atom stereocenters. The van der Waals surface area contributed by atoms with Gasteiger partial charge < -0.3 is 10.6 Å². The second-order valence-corrected chi connectivity index (χ2v) is 5.10. The molecule has 0 saturated heterocycles. The maximum absolute atomic E-state index is 12.9.